The maximum atomic E-state index is 5.93. The second-order valence-electron chi connectivity index (χ2n) is 7.60. The Kier molecular flexibility index (Phi) is 5.11. The van der Waals surface area contributed by atoms with Gasteiger partial charge in [0, 0.05) is 30.2 Å². The number of likely N-dealkylation sites (tertiary alicyclic amines) is 1. The smallest absolute Gasteiger partial charge is 0.249 e. The van der Waals surface area contributed by atoms with E-state index in [0.717, 1.165) is 66.3 Å². The first-order chi connectivity index (χ1) is 14.8. The van der Waals surface area contributed by atoms with Crippen molar-refractivity contribution in [1.29, 1.82) is 0 Å². The lowest BCUT2D eigenvalue weighted by atomic mass is 9.96. The van der Waals surface area contributed by atoms with Crippen molar-refractivity contribution in [1.82, 2.24) is 25.1 Å². The van der Waals surface area contributed by atoms with E-state index in [0.29, 0.717) is 11.8 Å². The van der Waals surface area contributed by atoms with Gasteiger partial charge in [0.05, 0.1) is 23.9 Å². The summed E-state index contributed by atoms with van der Waals surface area (Å²) in [7, 11) is 1.68. The Morgan fingerprint density at radius 3 is 2.80 bits per heavy atom. The van der Waals surface area contributed by atoms with Crippen LogP contribution in [0.15, 0.2) is 59.3 Å². The first-order valence-electron chi connectivity index (χ1n) is 10.2. The zero-order chi connectivity index (χ0) is 20.3. The monoisotopic (exact) mass is 401 g/mol. The van der Waals surface area contributed by atoms with Crippen LogP contribution in [0.2, 0.25) is 0 Å². The molecule has 5 rings (SSSR count). The Morgan fingerprint density at radius 1 is 1.10 bits per heavy atom. The van der Waals surface area contributed by atoms with Crippen molar-refractivity contribution in [2.75, 3.05) is 20.2 Å². The van der Waals surface area contributed by atoms with Crippen LogP contribution in [-0.4, -0.2) is 45.3 Å². The number of hydrogen-bond donors (Lipinski definition) is 0. The zero-order valence-corrected chi connectivity index (χ0v) is 16.9. The Bertz CT molecular complexity index is 1140. The molecule has 4 aromatic rings. The van der Waals surface area contributed by atoms with Gasteiger partial charge in [0.1, 0.15) is 5.75 Å². The van der Waals surface area contributed by atoms with Crippen molar-refractivity contribution in [3.8, 4) is 17.2 Å². The largest absolute Gasteiger partial charge is 0.497 e. The van der Waals surface area contributed by atoms with Crippen molar-refractivity contribution in [3.05, 3.63) is 66.4 Å². The van der Waals surface area contributed by atoms with E-state index in [-0.39, 0.29) is 0 Å². The summed E-state index contributed by atoms with van der Waals surface area (Å²) in [5.74, 6) is 2.42. The highest BCUT2D eigenvalue weighted by Gasteiger charge is 2.25. The van der Waals surface area contributed by atoms with Crippen molar-refractivity contribution in [2.45, 2.75) is 25.3 Å². The number of hydrogen-bond acceptors (Lipinski definition) is 7. The first kappa shape index (κ1) is 18.7. The standard InChI is InChI=1S/C23H23N5O2/c1-29-20-6-7-21-17(13-20)4-5-19(25-21)15-28-11-8-16(9-12-28)22-26-27-23(30-22)18-3-2-10-24-14-18/h2-7,10,13-14,16H,8-9,11-12,15H2,1H3. The van der Waals surface area contributed by atoms with E-state index in [2.05, 4.69) is 32.2 Å². The van der Waals surface area contributed by atoms with E-state index >= 15 is 0 Å². The SMILES string of the molecule is COc1ccc2nc(CN3CCC(c4nnc(-c5cccnc5)o4)CC3)ccc2c1. The van der Waals surface area contributed by atoms with Gasteiger partial charge >= 0.3 is 0 Å². The molecule has 1 aromatic carbocycles. The molecule has 0 spiro atoms. The van der Waals surface area contributed by atoms with Gasteiger partial charge in [-0.1, -0.05) is 6.07 Å². The fourth-order valence-corrected chi connectivity index (χ4v) is 3.93. The molecule has 4 heterocycles. The summed E-state index contributed by atoms with van der Waals surface area (Å²) in [5.41, 5.74) is 2.94. The topological polar surface area (TPSA) is 77.2 Å². The summed E-state index contributed by atoms with van der Waals surface area (Å²) in [6.45, 7) is 2.81. The van der Waals surface area contributed by atoms with Crippen LogP contribution < -0.4 is 4.74 Å². The molecule has 0 unspecified atom stereocenters. The van der Waals surface area contributed by atoms with Gasteiger partial charge < -0.3 is 9.15 Å². The summed E-state index contributed by atoms with van der Waals surface area (Å²) < 4.78 is 11.2. The highest BCUT2D eigenvalue weighted by molar-refractivity contribution is 5.80. The van der Waals surface area contributed by atoms with Gasteiger partial charge in [-0.05, 0) is 62.3 Å². The minimum Gasteiger partial charge on any atom is -0.497 e. The van der Waals surface area contributed by atoms with E-state index in [9.17, 15) is 0 Å². The summed E-state index contributed by atoms with van der Waals surface area (Å²) in [5, 5.41) is 9.58. The predicted molar refractivity (Wildman–Crippen MR) is 113 cm³/mol. The van der Waals surface area contributed by atoms with Gasteiger partial charge in [0.15, 0.2) is 0 Å². The quantitative estimate of drug-likeness (QED) is 0.499. The van der Waals surface area contributed by atoms with Crippen LogP contribution in [0.1, 0.15) is 30.3 Å². The maximum absolute atomic E-state index is 5.93. The fraction of sp³-hybridized carbons (Fsp3) is 0.304. The third kappa shape index (κ3) is 3.89. The van der Waals surface area contributed by atoms with Crippen LogP contribution in [0, 0.1) is 0 Å². The molecule has 7 heteroatoms. The Labute approximate surface area is 174 Å². The zero-order valence-electron chi connectivity index (χ0n) is 16.9. The van der Waals surface area contributed by atoms with Gasteiger partial charge in [-0.25, -0.2) is 0 Å². The molecular weight excluding hydrogens is 378 g/mol. The number of methoxy groups -OCH3 is 1. The Hall–Kier alpha value is -3.32. The third-order valence-electron chi connectivity index (χ3n) is 5.63. The van der Waals surface area contributed by atoms with Crippen LogP contribution in [0.3, 0.4) is 0 Å². The van der Waals surface area contributed by atoms with E-state index < -0.39 is 0 Å². The van der Waals surface area contributed by atoms with E-state index in [1.54, 1.807) is 19.5 Å². The van der Waals surface area contributed by atoms with Crippen molar-refractivity contribution < 1.29 is 9.15 Å². The average molecular weight is 401 g/mol. The highest BCUT2D eigenvalue weighted by Crippen LogP contribution is 2.30. The number of rotatable bonds is 5. The lowest BCUT2D eigenvalue weighted by molar-refractivity contribution is 0.191. The molecule has 0 amide bonds. The normalized spacial score (nSPS) is 15.5. The molecule has 7 nitrogen and oxygen atoms in total. The van der Waals surface area contributed by atoms with E-state index in [1.807, 2.05) is 30.3 Å². The third-order valence-corrected chi connectivity index (χ3v) is 5.63. The van der Waals surface area contributed by atoms with Crippen LogP contribution in [0.4, 0.5) is 0 Å². The van der Waals surface area contributed by atoms with Crippen molar-refractivity contribution in [2.24, 2.45) is 0 Å². The molecule has 0 saturated carbocycles. The molecule has 30 heavy (non-hydrogen) atoms. The van der Waals surface area contributed by atoms with Gasteiger partial charge in [0.2, 0.25) is 11.8 Å². The van der Waals surface area contributed by atoms with Gasteiger partial charge in [0.25, 0.3) is 0 Å². The molecule has 1 fully saturated rings. The summed E-state index contributed by atoms with van der Waals surface area (Å²) in [6.07, 6.45) is 5.48. The van der Waals surface area contributed by atoms with Crippen molar-refractivity contribution >= 4 is 10.9 Å². The summed E-state index contributed by atoms with van der Waals surface area (Å²) in [6, 6.07) is 14.0. The van der Waals surface area contributed by atoms with Crippen LogP contribution in [0.5, 0.6) is 5.75 Å². The highest BCUT2D eigenvalue weighted by atomic mass is 16.5. The number of fused-ring (bicyclic) bond motifs is 1. The Balaban J connectivity index is 1.21. The number of ether oxygens (including phenoxy) is 1. The number of benzene rings is 1. The molecule has 0 N–H and O–H groups in total. The minimum absolute atomic E-state index is 0.302. The molecule has 3 aromatic heterocycles. The van der Waals surface area contributed by atoms with Crippen LogP contribution >= 0.6 is 0 Å². The number of pyridine rings is 2. The average Bonchev–Trinajstić information content (AvgIpc) is 3.30. The minimum atomic E-state index is 0.302. The number of nitrogens with zero attached hydrogens (tertiary/aromatic N) is 5. The Morgan fingerprint density at radius 2 is 2.00 bits per heavy atom. The fourth-order valence-electron chi connectivity index (χ4n) is 3.93. The summed E-state index contributed by atoms with van der Waals surface area (Å²) >= 11 is 0. The number of aromatic nitrogens is 4. The van der Waals surface area contributed by atoms with Gasteiger partial charge in [-0.2, -0.15) is 0 Å². The molecule has 0 atom stereocenters. The lowest BCUT2D eigenvalue weighted by Gasteiger charge is -2.30. The second-order valence-corrected chi connectivity index (χ2v) is 7.60. The molecule has 1 saturated heterocycles. The van der Waals surface area contributed by atoms with Crippen LogP contribution in [0.25, 0.3) is 22.4 Å². The maximum Gasteiger partial charge on any atom is 0.249 e. The molecule has 152 valence electrons. The second kappa shape index (κ2) is 8.20. The van der Waals surface area contributed by atoms with Crippen molar-refractivity contribution in [3.63, 3.8) is 0 Å². The molecular formula is C23H23N5O2. The number of piperidine rings is 1. The molecule has 0 radical (unpaired) electrons. The lowest BCUT2D eigenvalue weighted by Crippen LogP contribution is -2.32. The van der Waals surface area contributed by atoms with E-state index in [4.69, 9.17) is 14.1 Å². The molecule has 0 bridgehead atoms. The van der Waals surface area contributed by atoms with Gasteiger partial charge in [-0.15, -0.1) is 10.2 Å². The van der Waals surface area contributed by atoms with Crippen LogP contribution in [-0.2, 0) is 6.54 Å². The van der Waals surface area contributed by atoms with Gasteiger partial charge in [-0.3, -0.25) is 14.9 Å². The summed E-state index contributed by atoms with van der Waals surface area (Å²) in [4.78, 5) is 11.4. The molecule has 0 aliphatic carbocycles. The first-order valence-corrected chi connectivity index (χ1v) is 10.2. The molecule has 1 aliphatic heterocycles. The molecule has 1 aliphatic rings. The van der Waals surface area contributed by atoms with E-state index in [1.165, 1.54) is 0 Å². The predicted octanol–water partition coefficient (Wildman–Crippen LogP) is 4.07.